The summed E-state index contributed by atoms with van der Waals surface area (Å²) in [6.45, 7) is 1.98. The summed E-state index contributed by atoms with van der Waals surface area (Å²) in [4.78, 5) is 17.6. The molecule has 0 aliphatic carbocycles. The first-order chi connectivity index (χ1) is 11.7. The van der Waals surface area contributed by atoms with Gasteiger partial charge >= 0.3 is 0 Å². The Bertz CT molecular complexity index is 1090. The van der Waals surface area contributed by atoms with Crippen LogP contribution in [0, 0.1) is 6.92 Å². The first kappa shape index (κ1) is 14.5. The number of nitrogens with zero attached hydrogens (tertiary/aromatic N) is 3. The monoisotopic (exact) mass is 315 g/mol. The predicted molar refractivity (Wildman–Crippen MR) is 96.5 cm³/mol. The van der Waals surface area contributed by atoms with E-state index in [1.807, 2.05) is 79.3 Å². The molecule has 0 radical (unpaired) electrons. The predicted octanol–water partition coefficient (Wildman–Crippen LogP) is 3.70. The molecular weight excluding hydrogens is 298 g/mol. The first-order valence-corrected chi connectivity index (χ1v) is 7.86. The zero-order valence-corrected chi connectivity index (χ0v) is 13.6. The first-order valence-electron chi connectivity index (χ1n) is 7.86. The van der Waals surface area contributed by atoms with E-state index in [1.165, 1.54) is 0 Å². The summed E-state index contributed by atoms with van der Waals surface area (Å²) in [5.41, 5.74) is 4.31. The van der Waals surface area contributed by atoms with Crippen LogP contribution in [-0.4, -0.2) is 14.3 Å². The van der Waals surface area contributed by atoms with Crippen molar-refractivity contribution < 1.29 is 0 Å². The highest BCUT2D eigenvalue weighted by molar-refractivity contribution is 5.94. The maximum Gasteiger partial charge on any atom is 0.279 e. The van der Waals surface area contributed by atoms with E-state index in [0.717, 1.165) is 33.4 Å². The fourth-order valence-electron chi connectivity index (χ4n) is 3.19. The van der Waals surface area contributed by atoms with Crippen LogP contribution < -0.4 is 5.56 Å². The molecule has 118 valence electrons. The molecule has 0 unspecified atom stereocenters. The molecule has 4 nitrogen and oxygen atoms in total. The van der Waals surface area contributed by atoms with Gasteiger partial charge in [0.15, 0.2) is 0 Å². The van der Waals surface area contributed by atoms with Crippen LogP contribution in [0.4, 0.5) is 0 Å². The maximum atomic E-state index is 13.2. The number of benzene rings is 2. The van der Waals surface area contributed by atoms with Crippen LogP contribution in [0.2, 0.25) is 0 Å². The summed E-state index contributed by atoms with van der Waals surface area (Å²) in [7, 11) is 1.91. The largest absolute Gasteiger partial charge is 0.285 e. The lowest BCUT2D eigenvalue weighted by atomic mass is 10.0. The number of para-hydroxylation sites is 2. The van der Waals surface area contributed by atoms with Gasteiger partial charge in [0.05, 0.1) is 16.8 Å². The van der Waals surface area contributed by atoms with Crippen molar-refractivity contribution in [1.29, 1.82) is 0 Å². The lowest BCUT2D eigenvalue weighted by molar-refractivity contribution is 0.630. The van der Waals surface area contributed by atoms with Gasteiger partial charge in [-0.25, -0.2) is 4.68 Å². The molecule has 2 aromatic heterocycles. The van der Waals surface area contributed by atoms with E-state index >= 15 is 0 Å². The van der Waals surface area contributed by atoms with E-state index in [9.17, 15) is 4.79 Å². The molecule has 0 spiro atoms. The fourth-order valence-corrected chi connectivity index (χ4v) is 3.19. The van der Waals surface area contributed by atoms with Gasteiger partial charge in [-0.1, -0.05) is 36.4 Å². The van der Waals surface area contributed by atoms with Crippen LogP contribution in [0.3, 0.4) is 0 Å². The molecule has 2 heterocycles. The minimum atomic E-state index is -0.0162. The van der Waals surface area contributed by atoms with Gasteiger partial charge in [-0.05, 0) is 36.8 Å². The summed E-state index contributed by atoms with van der Waals surface area (Å²) in [6.07, 6.45) is 1.76. The van der Waals surface area contributed by atoms with Gasteiger partial charge in [0.2, 0.25) is 0 Å². The maximum absolute atomic E-state index is 13.2. The normalized spacial score (nSPS) is 11.1. The molecule has 2 aromatic carbocycles. The molecule has 0 N–H and O–H groups in total. The molecule has 0 amide bonds. The third-order valence-corrected chi connectivity index (χ3v) is 4.47. The van der Waals surface area contributed by atoms with E-state index in [1.54, 1.807) is 10.9 Å². The van der Waals surface area contributed by atoms with Crippen LogP contribution >= 0.6 is 0 Å². The summed E-state index contributed by atoms with van der Waals surface area (Å²) in [5, 5.41) is 0.992. The Labute approximate surface area is 139 Å². The van der Waals surface area contributed by atoms with Gasteiger partial charge in [-0.3, -0.25) is 14.5 Å². The third-order valence-electron chi connectivity index (χ3n) is 4.47. The quantitative estimate of drug-likeness (QED) is 0.566. The standard InChI is InChI=1S/C20H17N3O/c1-14-19(17-12-13-21-18-11-7-6-10-16(17)18)20(24)23(22(14)2)15-8-4-3-5-9-15/h3-13H,1-2H3. The van der Waals surface area contributed by atoms with Gasteiger partial charge in [-0.15, -0.1) is 0 Å². The Balaban J connectivity index is 2.06. The Morgan fingerprint density at radius 3 is 2.42 bits per heavy atom. The molecule has 0 fully saturated rings. The van der Waals surface area contributed by atoms with Crippen molar-refractivity contribution in [3.8, 4) is 16.8 Å². The van der Waals surface area contributed by atoms with Crippen molar-refractivity contribution in [3.63, 3.8) is 0 Å². The highest BCUT2D eigenvalue weighted by atomic mass is 16.1. The Kier molecular flexibility index (Phi) is 3.31. The summed E-state index contributed by atoms with van der Waals surface area (Å²) in [5.74, 6) is 0. The lowest BCUT2D eigenvalue weighted by Gasteiger charge is -2.07. The minimum absolute atomic E-state index is 0.0162. The highest BCUT2D eigenvalue weighted by Gasteiger charge is 2.19. The molecule has 0 saturated carbocycles. The fraction of sp³-hybridized carbons (Fsp3) is 0.100. The Morgan fingerprint density at radius 2 is 1.62 bits per heavy atom. The molecular formula is C20H17N3O. The Hall–Kier alpha value is -3.14. The number of hydrogen-bond acceptors (Lipinski definition) is 2. The molecule has 0 aliphatic heterocycles. The van der Waals surface area contributed by atoms with Crippen LogP contribution in [-0.2, 0) is 7.05 Å². The zero-order chi connectivity index (χ0) is 16.7. The second-order valence-electron chi connectivity index (χ2n) is 5.81. The highest BCUT2D eigenvalue weighted by Crippen LogP contribution is 2.28. The van der Waals surface area contributed by atoms with Crippen molar-refractivity contribution in [2.24, 2.45) is 7.05 Å². The van der Waals surface area contributed by atoms with Gasteiger partial charge in [0.25, 0.3) is 5.56 Å². The smallest absolute Gasteiger partial charge is 0.279 e. The summed E-state index contributed by atoms with van der Waals surface area (Å²) >= 11 is 0. The van der Waals surface area contributed by atoms with Gasteiger partial charge < -0.3 is 0 Å². The van der Waals surface area contributed by atoms with Crippen LogP contribution in [0.1, 0.15) is 5.69 Å². The average Bonchev–Trinajstić information content (AvgIpc) is 2.84. The lowest BCUT2D eigenvalue weighted by Crippen LogP contribution is -2.20. The van der Waals surface area contributed by atoms with E-state index in [-0.39, 0.29) is 5.56 Å². The van der Waals surface area contributed by atoms with Crippen molar-refractivity contribution in [2.75, 3.05) is 0 Å². The summed E-state index contributed by atoms with van der Waals surface area (Å²) < 4.78 is 3.61. The molecule has 4 heteroatoms. The molecule has 0 bridgehead atoms. The second-order valence-corrected chi connectivity index (χ2v) is 5.81. The second kappa shape index (κ2) is 5.49. The summed E-state index contributed by atoms with van der Waals surface area (Å²) in [6, 6.07) is 19.5. The number of pyridine rings is 1. The third kappa shape index (κ3) is 2.07. The number of fused-ring (bicyclic) bond motifs is 1. The number of aromatic nitrogens is 3. The minimum Gasteiger partial charge on any atom is -0.285 e. The topological polar surface area (TPSA) is 39.8 Å². The molecule has 0 saturated heterocycles. The van der Waals surface area contributed by atoms with Crippen molar-refractivity contribution in [2.45, 2.75) is 6.92 Å². The van der Waals surface area contributed by atoms with Crippen LogP contribution in [0.5, 0.6) is 0 Å². The number of hydrogen-bond donors (Lipinski definition) is 0. The van der Waals surface area contributed by atoms with Crippen LogP contribution in [0.25, 0.3) is 27.7 Å². The van der Waals surface area contributed by atoms with Crippen LogP contribution in [0.15, 0.2) is 71.7 Å². The van der Waals surface area contributed by atoms with Crippen molar-refractivity contribution in [3.05, 3.63) is 82.9 Å². The average molecular weight is 315 g/mol. The molecule has 24 heavy (non-hydrogen) atoms. The van der Waals surface area contributed by atoms with Crippen molar-refractivity contribution >= 4 is 10.9 Å². The molecule has 4 aromatic rings. The van der Waals surface area contributed by atoms with E-state index in [2.05, 4.69) is 4.98 Å². The van der Waals surface area contributed by atoms with E-state index in [0.29, 0.717) is 0 Å². The molecule has 0 aliphatic rings. The van der Waals surface area contributed by atoms with E-state index < -0.39 is 0 Å². The van der Waals surface area contributed by atoms with Gasteiger partial charge in [0.1, 0.15) is 0 Å². The molecule has 0 atom stereocenters. The van der Waals surface area contributed by atoms with Gasteiger partial charge in [-0.2, -0.15) is 0 Å². The SMILES string of the molecule is Cc1c(-c2ccnc3ccccc23)c(=O)n(-c2ccccc2)n1C. The van der Waals surface area contributed by atoms with E-state index in [4.69, 9.17) is 0 Å². The van der Waals surface area contributed by atoms with Crippen molar-refractivity contribution in [1.82, 2.24) is 14.3 Å². The van der Waals surface area contributed by atoms with Gasteiger partial charge in [0, 0.05) is 24.3 Å². The molecule has 4 rings (SSSR count). The number of rotatable bonds is 2. The zero-order valence-electron chi connectivity index (χ0n) is 13.6. The Morgan fingerprint density at radius 1 is 0.917 bits per heavy atom.